The maximum atomic E-state index is 5.71. The van der Waals surface area contributed by atoms with Gasteiger partial charge in [-0.25, -0.2) is 9.98 Å². The van der Waals surface area contributed by atoms with Crippen LogP contribution in [-0.4, -0.2) is 58.1 Å². The SMILES string of the molecule is CCNC(=NCc1cccnc1OCCOC)NCC1(CCOC)CCCC1.I. The minimum Gasteiger partial charge on any atom is -0.475 e. The van der Waals surface area contributed by atoms with Crippen molar-refractivity contribution in [3.8, 4) is 5.88 Å². The molecule has 0 aromatic carbocycles. The molecule has 2 rings (SSSR count). The van der Waals surface area contributed by atoms with Gasteiger partial charge in [0.15, 0.2) is 5.96 Å². The van der Waals surface area contributed by atoms with Gasteiger partial charge in [0.2, 0.25) is 5.88 Å². The largest absolute Gasteiger partial charge is 0.475 e. The zero-order chi connectivity index (χ0) is 20.1. The number of aliphatic imine (C=N–C) groups is 1. The van der Waals surface area contributed by atoms with E-state index in [1.807, 2.05) is 12.1 Å². The van der Waals surface area contributed by atoms with E-state index in [1.54, 1.807) is 20.4 Å². The first kappa shape index (κ1) is 25.9. The van der Waals surface area contributed by atoms with Gasteiger partial charge in [0.25, 0.3) is 0 Å². The van der Waals surface area contributed by atoms with Crippen molar-refractivity contribution in [3.05, 3.63) is 23.9 Å². The standard InChI is InChI=1S/C21H36N4O3.HI/c1-4-22-20(25-17-21(11-13-26-2)9-5-6-10-21)24-16-18-8-7-12-23-19(18)28-15-14-27-3;/h7-8,12H,4-6,9-11,13-17H2,1-3H3,(H2,22,24,25);1H. The maximum Gasteiger partial charge on any atom is 0.218 e. The topological polar surface area (TPSA) is 77.0 Å². The predicted octanol–water partition coefficient (Wildman–Crippen LogP) is 3.38. The van der Waals surface area contributed by atoms with Crippen LogP contribution in [0, 0.1) is 5.41 Å². The van der Waals surface area contributed by atoms with E-state index in [-0.39, 0.29) is 24.0 Å². The van der Waals surface area contributed by atoms with Crippen LogP contribution in [0.25, 0.3) is 0 Å². The molecule has 1 aliphatic carbocycles. The van der Waals surface area contributed by atoms with Crippen molar-refractivity contribution in [1.29, 1.82) is 0 Å². The highest BCUT2D eigenvalue weighted by Gasteiger charge is 2.33. The van der Waals surface area contributed by atoms with Crippen LogP contribution in [0.5, 0.6) is 5.88 Å². The summed E-state index contributed by atoms with van der Waals surface area (Å²) in [6, 6.07) is 3.91. The lowest BCUT2D eigenvalue weighted by Crippen LogP contribution is -2.43. The normalized spacial score (nSPS) is 15.6. The summed E-state index contributed by atoms with van der Waals surface area (Å²) in [4.78, 5) is 9.08. The van der Waals surface area contributed by atoms with Crippen LogP contribution < -0.4 is 15.4 Å². The Balaban J connectivity index is 0.00000420. The Morgan fingerprint density at radius 2 is 1.90 bits per heavy atom. The van der Waals surface area contributed by atoms with Gasteiger partial charge >= 0.3 is 0 Å². The van der Waals surface area contributed by atoms with Gasteiger partial charge in [-0.3, -0.25) is 0 Å². The molecule has 1 saturated carbocycles. The minimum absolute atomic E-state index is 0. The smallest absolute Gasteiger partial charge is 0.218 e. The zero-order valence-corrected chi connectivity index (χ0v) is 20.4. The van der Waals surface area contributed by atoms with Crippen LogP contribution in [0.2, 0.25) is 0 Å². The number of ether oxygens (including phenoxy) is 3. The van der Waals surface area contributed by atoms with Crippen LogP contribution in [0.3, 0.4) is 0 Å². The third-order valence-electron chi connectivity index (χ3n) is 5.26. The van der Waals surface area contributed by atoms with Gasteiger partial charge < -0.3 is 24.8 Å². The van der Waals surface area contributed by atoms with Crippen LogP contribution in [0.1, 0.15) is 44.6 Å². The van der Waals surface area contributed by atoms with Crippen molar-refractivity contribution in [1.82, 2.24) is 15.6 Å². The highest BCUT2D eigenvalue weighted by molar-refractivity contribution is 14.0. The molecule has 166 valence electrons. The van der Waals surface area contributed by atoms with Crippen molar-refractivity contribution < 1.29 is 14.2 Å². The van der Waals surface area contributed by atoms with Crippen molar-refractivity contribution >= 4 is 29.9 Å². The number of nitrogens with one attached hydrogen (secondary N) is 2. The third kappa shape index (κ3) is 9.04. The second-order valence-corrected chi connectivity index (χ2v) is 7.31. The molecular weight excluding hydrogens is 483 g/mol. The Morgan fingerprint density at radius 3 is 2.59 bits per heavy atom. The van der Waals surface area contributed by atoms with Gasteiger partial charge in [-0.05, 0) is 37.7 Å². The highest BCUT2D eigenvalue weighted by Crippen LogP contribution is 2.40. The monoisotopic (exact) mass is 520 g/mol. The number of halogens is 1. The molecule has 1 fully saturated rings. The van der Waals surface area contributed by atoms with Crippen molar-refractivity contribution in [2.45, 2.75) is 45.6 Å². The summed E-state index contributed by atoms with van der Waals surface area (Å²) in [6.07, 6.45) is 7.94. The molecule has 0 aliphatic heterocycles. The number of pyridine rings is 1. The van der Waals surface area contributed by atoms with Crippen molar-refractivity contribution in [2.24, 2.45) is 10.4 Å². The molecule has 0 unspecified atom stereocenters. The second kappa shape index (κ2) is 14.8. The molecule has 29 heavy (non-hydrogen) atoms. The van der Waals surface area contributed by atoms with E-state index in [0.29, 0.717) is 31.1 Å². The van der Waals surface area contributed by atoms with E-state index in [4.69, 9.17) is 19.2 Å². The van der Waals surface area contributed by atoms with E-state index in [2.05, 4.69) is 22.5 Å². The van der Waals surface area contributed by atoms with Gasteiger partial charge in [0.1, 0.15) is 6.61 Å². The first-order valence-electron chi connectivity index (χ1n) is 10.3. The fraction of sp³-hybridized carbons (Fsp3) is 0.714. The first-order chi connectivity index (χ1) is 13.7. The summed E-state index contributed by atoms with van der Waals surface area (Å²) >= 11 is 0. The molecule has 0 spiro atoms. The average Bonchev–Trinajstić information content (AvgIpc) is 3.19. The Hall–Kier alpha value is -1.13. The number of aromatic nitrogens is 1. The maximum absolute atomic E-state index is 5.71. The fourth-order valence-electron chi connectivity index (χ4n) is 3.63. The van der Waals surface area contributed by atoms with E-state index in [9.17, 15) is 0 Å². The predicted molar refractivity (Wildman–Crippen MR) is 127 cm³/mol. The zero-order valence-electron chi connectivity index (χ0n) is 18.0. The highest BCUT2D eigenvalue weighted by atomic mass is 127. The Labute approximate surface area is 192 Å². The molecule has 0 atom stereocenters. The lowest BCUT2D eigenvalue weighted by Gasteiger charge is -2.30. The molecule has 7 nitrogen and oxygen atoms in total. The lowest BCUT2D eigenvalue weighted by atomic mass is 9.83. The van der Waals surface area contributed by atoms with Crippen LogP contribution in [0.4, 0.5) is 0 Å². The van der Waals surface area contributed by atoms with Gasteiger partial charge in [-0.1, -0.05) is 18.9 Å². The number of hydrogen-bond donors (Lipinski definition) is 2. The Morgan fingerprint density at radius 1 is 1.14 bits per heavy atom. The molecule has 1 aromatic heterocycles. The van der Waals surface area contributed by atoms with E-state index in [0.717, 1.165) is 37.6 Å². The number of hydrogen-bond acceptors (Lipinski definition) is 5. The minimum atomic E-state index is 0. The molecule has 0 saturated heterocycles. The molecule has 1 heterocycles. The number of guanidine groups is 1. The average molecular weight is 520 g/mol. The van der Waals surface area contributed by atoms with Crippen molar-refractivity contribution in [3.63, 3.8) is 0 Å². The number of rotatable bonds is 12. The van der Waals surface area contributed by atoms with Crippen LogP contribution in [-0.2, 0) is 16.0 Å². The quantitative estimate of drug-likeness (QED) is 0.191. The molecule has 8 heteroatoms. The van der Waals surface area contributed by atoms with Crippen molar-refractivity contribution in [2.75, 3.05) is 47.1 Å². The van der Waals surface area contributed by atoms with E-state index >= 15 is 0 Å². The summed E-state index contributed by atoms with van der Waals surface area (Å²) in [5, 5.41) is 6.90. The van der Waals surface area contributed by atoms with E-state index < -0.39 is 0 Å². The number of methoxy groups -OCH3 is 2. The molecular formula is C21H37IN4O3. The Bertz CT molecular complexity index is 595. The van der Waals surface area contributed by atoms with Gasteiger partial charge in [-0.2, -0.15) is 0 Å². The fourth-order valence-corrected chi connectivity index (χ4v) is 3.63. The molecule has 1 aromatic rings. The van der Waals surface area contributed by atoms with Gasteiger partial charge in [0.05, 0.1) is 13.2 Å². The summed E-state index contributed by atoms with van der Waals surface area (Å²) in [7, 11) is 3.44. The second-order valence-electron chi connectivity index (χ2n) is 7.31. The Kier molecular flexibility index (Phi) is 13.2. The molecule has 2 N–H and O–H groups in total. The van der Waals surface area contributed by atoms with Crippen LogP contribution >= 0.6 is 24.0 Å². The number of nitrogens with zero attached hydrogens (tertiary/aromatic N) is 2. The summed E-state index contributed by atoms with van der Waals surface area (Å²) in [6.45, 7) is 6.16. The van der Waals surface area contributed by atoms with Gasteiger partial charge in [0, 0.05) is 45.7 Å². The third-order valence-corrected chi connectivity index (χ3v) is 5.26. The lowest BCUT2D eigenvalue weighted by molar-refractivity contribution is 0.138. The summed E-state index contributed by atoms with van der Waals surface area (Å²) in [5.41, 5.74) is 1.28. The molecule has 0 bridgehead atoms. The molecule has 0 amide bonds. The van der Waals surface area contributed by atoms with E-state index in [1.165, 1.54) is 25.7 Å². The summed E-state index contributed by atoms with van der Waals surface area (Å²) in [5.74, 6) is 1.45. The first-order valence-corrected chi connectivity index (χ1v) is 10.3. The summed E-state index contributed by atoms with van der Waals surface area (Å²) < 4.78 is 16.1. The molecule has 1 aliphatic rings. The van der Waals surface area contributed by atoms with Crippen LogP contribution in [0.15, 0.2) is 23.3 Å². The van der Waals surface area contributed by atoms with Gasteiger partial charge in [-0.15, -0.1) is 24.0 Å². The molecule has 0 radical (unpaired) electrons.